The smallest absolute Gasteiger partial charge is 0.355 e. The first-order valence-electron chi connectivity index (χ1n) is 7.66. The van der Waals surface area contributed by atoms with Crippen molar-refractivity contribution in [2.24, 2.45) is 0 Å². The third-order valence-electron chi connectivity index (χ3n) is 3.37. The molecule has 0 amide bonds. The number of fused-ring (bicyclic) bond motifs is 1. The van der Waals surface area contributed by atoms with Crippen LogP contribution in [0.1, 0.15) is 33.9 Å². The maximum absolute atomic E-state index is 12.6. The first kappa shape index (κ1) is 17.5. The van der Waals surface area contributed by atoms with E-state index in [0.29, 0.717) is 9.90 Å². The van der Waals surface area contributed by atoms with Crippen molar-refractivity contribution >= 4 is 45.0 Å². The Morgan fingerprint density at radius 1 is 1.00 bits per heavy atom. The van der Waals surface area contributed by atoms with Gasteiger partial charge in [0.25, 0.3) is 0 Å². The van der Waals surface area contributed by atoms with Gasteiger partial charge in [-0.15, -0.1) is 11.3 Å². The van der Waals surface area contributed by atoms with E-state index in [-0.39, 0.29) is 17.4 Å². The number of carbonyl (C=O) groups is 2. The van der Waals surface area contributed by atoms with Gasteiger partial charge in [-0.05, 0) is 32.0 Å². The second-order valence-corrected chi connectivity index (χ2v) is 7.01. The average molecular weight is 375 g/mol. The Balaban J connectivity index is 1.90. The lowest BCUT2D eigenvalue weighted by Gasteiger charge is -2.11. The molecule has 0 aliphatic heterocycles. The Labute approximate surface area is 153 Å². The van der Waals surface area contributed by atoms with Crippen LogP contribution in [0.15, 0.2) is 48.5 Å². The predicted molar refractivity (Wildman–Crippen MR) is 98.8 cm³/mol. The Hall–Kier alpha value is -2.37. The van der Waals surface area contributed by atoms with Crippen molar-refractivity contribution in [1.29, 1.82) is 0 Å². The minimum absolute atomic E-state index is 0.145. The van der Waals surface area contributed by atoms with Gasteiger partial charge in [0, 0.05) is 10.1 Å². The van der Waals surface area contributed by atoms with Crippen LogP contribution in [-0.4, -0.2) is 18.0 Å². The molecule has 0 bridgehead atoms. The van der Waals surface area contributed by atoms with E-state index in [1.165, 1.54) is 11.3 Å². The number of thiophene rings is 1. The molecule has 3 aromatic rings. The topological polar surface area (TPSA) is 52.6 Å². The molecule has 0 unspecified atom stereocenters. The van der Waals surface area contributed by atoms with Crippen LogP contribution in [0.5, 0.6) is 5.75 Å². The van der Waals surface area contributed by atoms with Crippen LogP contribution in [0.25, 0.3) is 10.1 Å². The molecule has 3 rings (SSSR count). The maximum Gasteiger partial charge on any atom is 0.355 e. The summed E-state index contributed by atoms with van der Waals surface area (Å²) in [6, 6.07) is 13.9. The summed E-state index contributed by atoms with van der Waals surface area (Å²) in [5.41, 5.74) is 0.196. The third kappa shape index (κ3) is 3.67. The minimum atomic E-state index is -0.601. The van der Waals surface area contributed by atoms with E-state index in [4.69, 9.17) is 21.1 Å². The van der Waals surface area contributed by atoms with Gasteiger partial charge in [-0.2, -0.15) is 0 Å². The van der Waals surface area contributed by atoms with Gasteiger partial charge < -0.3 is 9.47 Å². The van der Waals surface area contributed by atoms with E-state index < -0.39 is 11.9 Å². The van der Waals surface area contributed by atoms with Gasteiger partial charge in [-0.1, -0.05) is 41.9 Å². The van der Waals surface area contributed by atoms with Crippen LogP contribution in [0.3, 0.4) is 0 Å². The number of ether oxygens (including phenoxy) is 2. The molecule has 0 fully saturated rings. The van der Waals surface area contributed by atoms with E-state index in [2.05, 4.69) is 0 Å². The normalized spacial score (nSPS) is 10.9. The van der Waals surface area contributed by atoms with E-state index in [1.54, 1.807) is 38.1 Å². The minimum Gasteiger partial charge on any atom is -0.459 e. The molecule has 2 aromatic carbocycles. The van der Waals surface area contributed by atoms with Crippen molar-refractivity contribution in [3.05, 3.63) is 64.0 Å². The van der Waals surface area contributed by atoms with Crippen molar-refractivity contribution in [2.45, 2.75) is 20.0 Å². The monoisotopic (exact) mass is 374 g/mol. The largest absolute Gasteiger partial charge is 0.459 e. The lowest BCUT2D eigenvalue weighted by molar-refractivity contribution is 0.0374. The molecule has 128 valence electrons. The molecule has 0 aliphatic carbocycles. The molecule has 0 spiro atoms. The summed E-state index contributed by atoms with van der Waals surface area (Å²) < 4.78 is 11.5. The fourth-order valence-electron chi connectivity index (χ4n) is 2.29. The number of rotatable bonds is 4. The summed E-state index contributed by atoms with van der Waals surface area (Å²) in [4.78, 5) is 25.0. The van der Waals surface area contributed by atoms with Crippen molar-refractivity contribution in [3.8, 4) is 5.75 Å². The second-order valence-electron chi connectivity index (χ2n) is 5.58. The standard InChI is InChI=1S/C19H15ClO4S/c1-11(2)23-18(21)12-7-3-5-9-14(12)24-19(22)17-16(20)13-8-4-6-10-15(13)25-17/h3-11H,1-2H3. The first-order chi connectivity index (χ1) is 12.0. The van der Waals surface area contributed by atoms with Crippen LogP contribution in [0.4, 0.5) is 0 Å². The molecule has 4 nitrogen and oxygen atoms in total. The van der Waals surface area contributed by atoms with Crippen molar-refractivity contribution in [2.75, 3.05) is 0 Å². The van der Waals surface area contributed by atoms with Gasteiger partial charge >= 0.3 is 11.9 Å². The lowest BCUT2D eigenvalue weighted by atomic mass is 10.2. The fraction of sp³-hybridized carbons (Fsp3) is 0.158. The number of hydrogen-bond donors (Lipinski definition) is 0. The zero-order chi connectivity index (χ0) is 18.0. The predicted octanol–water partition coefficient (Wildman–Crippen LogP) is 5.34. The number of esters is 2. The van der Waals surface area contributed by atoms with E-state index in [1.807, 2.05) is 24.3 Å². The average Bonchev–Trinajstić information content (AvgIpc) is 2.92. The molecule has 1 aromatic heterocycles. The van der Waals surface area contributed by atoms with Crippen LogP contribution in [0, 0.1) is 0 Å². The third-order valence-corrected chi connectivity index (χ3v) is 5.03. The highest BCUT2D eigenvalue weighted by Gasteiger charge is 2.22. The molecule has 1 heterocycles. The number of para-hydroxylation sites is 1. The molecule has 0 N–H and O–H groups in total. The molecule has 0 aliphatic rings. The Kier molecular flexibility index (Phi) is 5.06. The summed E-state index contributed by atoms with van der Waals surface area (Å²) in [6.07, 6.45) is -0.270. The van der Waals surface area contributed by atoms with Crippen LogP contribution < -0.4 is 4.74 Å². The molecule has 0 saturated heterocycles. The SMILES string of the molecule is CC(C)OC(=O)c1ccccc1OC(=O)c1sc2ccccc2c1Cl. The van der Waals surface area contributed by atoms with Gasteiger partial charge in [0.2, 0.25) is 0 Å². The quantitative estimate of drug-likeness (QED) is 0.457. The highest BCUT2D eigenvalue weighted by Crippen LogP contribution is 2.36. The van der Waals surface area contributed by atoms with E-state index in [0.717, 1.165) is 10.1 Å². The fourth-order valence-corrected chi connectivity index (χ4v) is 3.68. The zero-order valence-corrected chi connectivity index (χ0v) is 15.2. The number of hydrogen-bond acceptors (Lipinski definition) is 5. The summed E-state index contributed by atoms with van der Waals surface area (Å²) in [5.74, 6) is -0.997. The maximum atomic E-state index is 12.6. The first-order valence-corrected chi connectivity index (χ1v) is 8.86. The van der Waals surface area contributed by atoms with Gasteiger partial charge in [0.05, 0.1) is 11.1 Å². The summed E-state index contributed by atoms with van der Waals surface area (Å²) in [6.45, 7) is 3.51. The van der Waals surface area contributed by atoms with Crippen molar-refractivity contribution in [3.63, 3.8) is 0 Å². The molecule has 25 heavy (non-hydrogen) atoms. The highest BCUT2D eigenvalue weighted by molar-refractivity contribution is 7.21. The molecule has 0 radical (unpaired) electrons. The summed E-state index contributed by atoms with van der Waals surface area (Å²) in [7, 11) is 0. The van der Waals surface area contributed by atoms with Crippen LogP contribution in [0.2, 0.25) is 5.02 Å². The van der Waals surface area contributed by atoms with Gasteiger partial charge in [0.1, 0.15) is 16.2 Å². The Morgan fingerprint density at radius 3 is 2.40 bits per heavy atom. The van der Waals surface area contributed by atoms with E-state index in [9.17, 15) is 9.59 Å². The lowest BCUT2D eigenvalue weighted by Crippen LogP contribution is -2.15. The zero-order valence-electron chi connectivity index (χ0n) is 13.6. The number of benzene rings is 2. The Morgan fingerprint density at radius 2 is 1.68 bits per heavy atom. The van der Waals surface area contributed by atoms with Crippen LogP contribution in [-0.2, 0) is 4.74 Å². The van der Waals surface area contributed by atoms with Gasteiger partial charge in [-0.25, -0.2) is 9.59 Å². The number of carbonyl (C=O) groups excluding carboxylic acids is 2. The Bertz CT molecular complexity index is 946. The highest BCUT2D eigenvalue weighted by atomic mass is 35.5. The van der Waals surface area contributed by atoms with Gasteiger partial charge in [0.15, 0.2) is 0 Å². The van der Waals surface area contributed by atoms with Crippen LogP contribution >= 0.6 is 22.9 Å². The molecule has 6 heteroatoms. The van der Waals surface area contributed by atoms with Gasteiger partial charge in [-0.3, -0.25) is 0 Å². The molecule has 0 atom stereocenters. The molecular formula is C19H15ClO4S. The number of halogens is 1. The van der Waals surface area contributed by atoms with Crippen molar-refractivity contribution in [1.82, 2.24) is 0 Å². The molecular weight excluding hydrogens is 360 g/mol. The summed E-state index contributed by atoms with van der Waals surface area (Å²) >= 11 is 7.56. The van der Waals surface area contributed by atoms with E-state index >= 15 is 0 Å². The van der Waals surface area contributed by atoms with Crippen molar-refractivity contribution < 1.29 is 19.1 Å². The molecule has 0 saturated carbocycles. The summed E-state index contributed by atoms with van der Waals surface area (Å²) in [5, 5.41) is 1.15. The second kappa shape index (κ2) is 7.25.